The third-order valence-corrected chi connectivity index (χ3v) is 5.60. The number of hydrogen-bond donors (Lipinski definition) is 3. The van der Waals surface area contributed by atoms with Crippen molar-refractivity contribution in [1.29, 1.82) is 0 Å². The van der Waals surface area contributed by atoms with Gasteiger partial charge in [-0.15, -0.1) is 0 Å². The van der Waals surface area contributed by atoms with Gasteiger partial charge in [0.15, 0.2) is 11.4 Å². The molecule has 1 aliphatic heterocycles. The molecule has 1 saturated carbocycles. The molecule has 2 heterocycles. The monoisotopic (exact) mass is 421 g/mol. The number of pyridine rings is 1. The third kappa shape index (κ3) is 3.31. The number of nitrogens with zero attached hydrogens (tertiary/aromatic N) is 1. The van der Waals surface area contributed by atoms with E-state index >= 15 is 0 Å². The fourth-order valence-corrected chi connectivity index (χ4v) is 4.12. The van der Waals surface area contributed by atoms with Gasteiger partial charge in [-0.2, -0.15) is 0 Å². The molecule has 1 aliphatic carbocycles. The minimum absolute atomic E-state index is 0.182. The van der Waals surface area contributed by atoms with Crippen molar-refractivity contribution in [3.63, 3.8) is 0 Å². The van der Waals surface area contributed by atoms with Gasteiger partial charge >= 0.3 is 0 Å². The number of rotatable bonds is 3. The van der Waals surface area contributed by atoms with Crippen LogP contribution in [0.3, 0.4) is 0 Å². The maximum Gasteiger partial charge on any atom is 0.272 e. The van der Waals surface area contributed by atoms with Crippen molar-refractivity contribution in [2.75, 3.05) is 0 Å². The SMILES string of the molecule is O=C(NCc1c(F)cc(F)cc1F)c1cn2c(c(O)c1=O)C(=O)N[C@@H]1CCCC[C@@H]12. The standard InChI is InChI=1S/C20H18F3N3O4/c21-9-5-12(22)10(13(23)6-9)7-24-19(29)11-8-26-15-4-2-1-3-14(15)25-20(30)16(26)18(28)17(11)27/h5-6,8,14-15,28H,1-4,7H2,(H,24,29)(H,25,30)/t14-,15+/m1/s1. The Morgan fingerprint density at radius 1 is 1.17 bits per heavy atom. The quantitative estimate of drug-likeness (QED) is 0.707. The van der Waals surface area contributed by atoms with E-state index in [1.54, 1.807) is 0 Å². The average molecular weight is 421 g/mol. The normalized spacial score (nSPS) is 20.2. The van der Waals surface area contributed by atoms with Crippen LogP contribution in [0.15, 0.2) is 23.1 Å². The van der Waals surface area contributed by atoms with Gasteiger partial charge < -0.3 is 20.3 Å². The van der Waals surface area contributed by atoms with E-state index in [4.69, 9.17) is 0 Å². The number of amides is 2. The number of nitrogens with one attached hydrogen (secondary N) is 2. The predicted octanol–water partition coefficient (Wildman–Crippen LogP) is 2.13. The predicted molar refractivity (Wildman–Crippen MR) is 98.6 cm³/mol. The number of aromatic nitrogens is 1. The molecule has 2 amide bonds. The molecule has 2 aromatic rings. The van der Waals surface area contributed by atoms with Crippen LogP contribution in [0, 0.1) is 17.5 Å². The fraction of sp³-hybridized carbons (Fsp3) is 0.350. The molecule has 30 heavy (non-hydrogen) atoms. The first-order valence-corrected chi connectivity index (χ1v) is 9.48. The molecule has 0 radical (unpaired) electrons. The van der Waals surface area contributed by atoms with Gasteiger partial charge in [-0.1, -0.05) is 12.8 Å². The average Bonchev–Trinajstić information content (AvgIpc) is 2.69. The molecule has 0 unspecified atom stereocenters. The smallest absolute Gasteiger partial charge is 0.272 e. The van der Waals surface area contributed by atoms with Gasteiger partial charge in [0.25, 0.3) is 11.8 Å². The molecule has 1 aromatic heterocycles. The number of carbonyl (C=O) groups excluding carboxylic acids is 2. The van der Waals surface area contributed by atoms with Crippen molar-refractivity contribution in [3.8, 4) is 5.75 Å². The van der Waals surface area contributed by atoms with Crippen molar-refractivity contribution in [1.82, 2.24) is 15.2 Å². The van der Waals surface area contributed by atoms with Crippen molar-refractivity contribution >= 4 is 11.8 Å². The maximum atomic E-state index is 13.8. The zero-order valence-corrected chi connectivity index (χ0v) is 15.7. The van der Waals surface area contributed by atoms with Gasteiger partial charge in [0.1, 0.15) is 23.0 Å². The third-order valence-electron chi connectivity index (χ3n) is 5.60. The number of fused-ring (bicyclic) bond motifs is 3. The molecular weight excluding hydrogens is 403 g/mol. The first-order valence-electron chi connectivity index (χ1n) is 9.48. The number of hydrogen-bond acceptors (Lipinski definition) is 4. The Bertz CT molecular complexity index is 1090. The lowest BCUT2D eigenvalue weighted by Crippen LogP contribution is -2.50. The van der Waals surface area contributed by atoms with Crippen LogP contribution < -0.4 is 16.1 Å². The lowest BCUT2D eigenvalue weighted by atomic mass is 9.87. The number of halogens is 3. The summed E-state index contributed by atoms with van der Waals surface area (Å²) in [6.07, 6.45) is 4.42. The molecule has 1 aromatic carbocycles. The Morgan fingerprint density at radius 3 is 2.53 bits per heavy atom. The highest BCUT2D eigenvalue weighted by Gasteiger charge is 2.37. The summed E-state index contributed by atoms with van der Waals surface area (Å²) in [5.74, 6) is -5.90. The Kier molecular flexibility index (Phi) is 5.00. The molecule has 4 rings (SSSR count). The van der Waals surface area contributed by atoms with Crippen molar-refractivity contribution in [3.05, 3.63) is 62.8 Å². The highest BCUT2D eigenvalue weighted by Crippen LogP contribution is 2.34. The summed E-state index contributed by atoms with van der Waals surface area (Å²) in [5.41, 5.74) is -2.31. The highest BCUT2D eigenvalue weighted by molar-refractivity contribution is 5.99. The van der Waals surface area contributed by atoms with Crippen LogP contribution >= 0.6 is 0 Å². The molecule has 0 bridgehead atoms. The first-order chi connectivity index (χ1) is 14.3. The van der Waals surface area contributed by atoms with E-state index in [-0.39, 0.29) is 17.8 Å². The van der Waals surface area contributed by atoms with Crippen LogP contribution in [0.1, 0.15) is 58.1 Å². The summed E-state index contributed by atoms with van der Waals surface area (Å²) in [5, 5.41) is 15.3. The zero-order chi connectivity index (χ0) is 21.6. The lowest BCUT2D eigenvalue weighted by Gasteiger charge is -2.39. The van der Waals surface area contributed by atoms with Gasteiger partial charge in [-0.3, -0.25) is 14.4 Å². The van der Waals surface area contributed by atoms with Crippen molar-refractivity contribution < 1.29 is 27.9 Å². The molecule has 0 saturated heterocycles. The summed E-state index contributed by atoms with van der Waals surface area (Å²) in [7, 11) is 0. The lowest BCUT2D eigenvalue weighted by molar-refractivity contribution is 0.0838. The summed E-state index contributed by atoms with van der Waals surface area (Å²) in [6.45, 7) is -0.634. The number of carbonyl (C=O) groups is 2. The van der Waals surface area contributed by atoms with E-state index in [1.165, 1.54) is 10.8 Å². The largest absolute Gasteiger partial charge is 0.503 e. The van der Waals surface area contributed by atoms with Gasteiger partial charge in [-0.25, -0.2) is 13.2 Å². The van der Waals surface area contributed by atoms with E-state index in [0.29, 0.717) is 18.6 Å². The molecule has 2 atom stereocenters. The van der Waals surface area contributed by atoms with E-state index in [0.717, 1.165) is 19.3 Å². The second-order valence-corrected chi connectivity index (χ2v) is 7.44. The van der Waals surface area contributed by atoms with Crippen LogP contribution in [-0.4, -0.2) is 27.5 Å². The van der Waals surface area contributed by atoms with E-state index in [1.807, 2.05) is 0 Å². The number of aromatic hydroxyl groups is 1. The van der Waals surface area contributed by atoms with Crippen LogP contribution in [-0.2, 0) is 6.54 Å². The van der Waals surface area contributed by atoms with E-state index < -0.39 is 58.1 Å². The van der Waals surface area contributed by atoms with Crippen LogP contribution in [0.2, 0.25) is 0 Å². The summed E-state index contributed by atoms with van der Waals surface area (Å²) in [4.78, 5) is 37.4. The summed E-state index contributed by atoms with van der Waals surface area (Å²) < 4.78 is 42.0. The molecule has 3 N–H and O–H groups in total. The minimum Gasteiger partial charge on any atom is -0.503 e. The second-order valence-electron chi connectivity index (χ2n) is 7.44. The Morgan fingerprint density at radius 2 is 1.83 bits per heavy atom. The van der Waals surface area contributed by atoms with Gasteiger partial charge in [0.05, 0.1) is 6.04 Å². The van der Waals surface area contributed by atoms with Crippen molar-refractivity contribution in [2.45, 2.75) is 44.3 Å². The zero-order valence-electron chi connectivity index (χ0n) is 15.7. The van der Waals surface area contributed by atoms with Crippen LogP contribution in [0.4, 0.5) is 13.2 Å². The van der Waals surface area contributed by atoms with Gasteiger partial charge in [0.2, 0.25) is 5.43 Å². The van der Waals surface area contributed by atoms with Crippen LogP contribution in [0.5, 0.6) is 5.75 Å². The van der Waals surface area contributed by atoms with Crippen molar-refractivity contribution in [2.24, 2.45) is 0 Å². The number of benzene rings is 1. The molecule has 7 nitrogen and oxygen atoms in total. The molecular formula is C20H18F3N3O4. The second kappa shape index (κ2) is 7.51. The molecule has 2 aliphatic rings. The van der Waals surface area contributed by atoms with Crippen LogP contribution in [0.25, 0.3) is 0 Å². The summed E-state index contributed by atoms with van der Waals surface area (Å²) in [6, 6.07) is 0.549. The topological polar surface area (TPSA) is 100 Å². The molecule has 1 fully saturated rings. The fourth-order valence-electron chi connectivity index (χ4n) is 4.12. The molecule has 0 spiro atoms. The van der Waals surface area contributed by atoms with E-state index in [9.17, 15) is 32.7 Å². The van der Waals surface area contributed by atoms with Gasteiger partial charge in [0, 0.05) is 36.5 Å². The molecule has 10 heteroatoms. The summed E-state index contributed by atoms with van der Waals surface area (Å²) >= 11 is 0. The maximum absolute atomic E-state index is 13.8. The van der Waals surface area contributed by atoms with Gasteiger partial charge in [-0.05, 0) is 12.8 Å². The van der Waals surface area contributed by atoms with E-state index in [2.05, 4.69) is 10.6 Å². The Balaban J connectivity index is 1.67. The Hall–Kier alpha value is -3.30. The highest BCUT2D eigenvalue weighted by atomic mass is 19.1. The first kappa shape index (κ1) is 20.0. The minimum atomic E-state index is -1.18. The molecule has 158 valence electrons. The Labute approximate surface area is 168 Å².